The van der Waals surface area contributed by atoms with Crippen molar-refractivity contribution in [1.29, 1.82) is 0 Å². The fourth-order valence-corrected chi connectivity index (χ4v) is 4.52. The Morgan fingerprint density at radius 3 is 2.60 bits per heavy atom. The molecule has 1 aromatic rings. The van der Waals surface area contributed by atoms with Gasteiger partial charge in [0.1, 0.15) is 0 Å². The summed E-state index contributed by atoms with van der Waals surface area (Å²) in [6.45, 7) is 7.24. The lowest BCUT2D eigenvalue weighted by Gasteiger charge is -2.37. The lowest BCUT2D eigenvalue weighted by atomic mass is 9.88. The quantitative estimate of drug-likeness (QED) is 0.887. The van der Waals surface area contributed by atoms with Crippen molar-refractivity contribution in [1.82, 2.24) is 10.2 Å². The Labute approximate surface area is 150 Å². The second kappa shape index (κ2) is 7.34. The molecular weight excluding hydrogens is 314 g/mol. The normalized spacial score (nSPS) is 30.4. The molecule has 0 unspecified atom stereocenters. The van der Waals surface area contributed by atoms with Crippen LogP contribution >= 0.6 is 0 Å². The summed E-state index contributed by atoms with van der Waals surface area (Å²) in [6.07, 6.45) is 3.61. The van der Waals surface area contributed by atoms with Crippen LogP contribution in [0, 0.1) is 5.92 Å². The molecule has 1 aromatic carbocycles. The first kappa shape index (κ1) is 16.9. The van der Waals surface area contributed by atoms with Crippen LogP contribution in [0.5, 0.6) is 0 Å². The average molecular weight is 343 g/mol. The lowest BCUT2D eigenvalue weighted by Crippen LogP contribution is -2.51. The van der Waals surface area contributed by atoms with Crippen LogP contribution in [0.15, 0.2) is 30.3 Å². The van der Waals surface area contributed by atoms with E-state index in [1.807, 2.05) is 0 Å². The van der Waals surface area contributed by atoms with Crippen molar-refractivity contribution in [2.75, 3.05) is 37.6 Å². The van der Waals surface area contributed by atoms with Gasteiger partial charge in [0, 0.05) is 44.5 Å². The van der Waals surface area contributed by atoms with Crippen LogP contribution in [0.3, 0.4) is 0 Å². The topological polar surface area (TPSA) is 44.8 Å². The smallest absolute Gasteiger partial charge is 0.226 e. The number of rotatable bonds is 5. The number of benzene rings is 1. The van der Waals surface area contributed by atoms with Crippen LogP contribution in [0.25, 0.3) is 0 Å². The largest absolute Gasteiger partial charge is 0.374 e. The minimum absolute atomic E-state index is 0.0797. The monoisotopic (exact) mass is 343 g/mol. The van der Waals surface area contributed by atoms with Gasteiger partial charge in [-0.15, -0.1) is 0 Å². The van der Waals surface area contributed by atoms with Gasteiger partial charge in [-0.1, -0.05) is 18.2 Å². The molecular formula is C20H29N3O2. The van der Waals surface area contributed by atoms with Gasteiger partial charge in [0.2, 0.25) is 5.91 Å². The number of nitrogens with one attached hydrogen (secondary N) is 1. The molecule has 0 aliphatic carbocycles. The van der Waals surface area contributed by atoms with Crippen molar-refractivity contribution in [3.63, 3.8) is 0 Å². The van der Waals surface area contributed by atoms with E-state index in [2.05, 4.69) is 52.4 Å². The number of fused-ring (bicyclic) bond motifs is 2. The van der Waals surface area contributed by atoms with Crippen LogP contribution in [-0.2, 0) is 9.53 Å². The fraction of sp³-hybridized carbons (Fsp3) is 0.650. The highest BCUT2D eigenvalue weighted by molar-refractivity contribution is 5.80. The molecule has 3 aliphatic rings. The van der Waals surface area contributed by atoms with Gasteiger partial charge >= 0.3 is 0 Å². The zero-order valence-electron chi connectivity index (χ0n) is 15.1. The van der Waals surface area contributed by atoms with Crippen molar-refractivity contribution < 1.29 is 9.53 Å². The molecule has 4 rings (SSSR count). The van der Waals surface area contributed by atoms with Gasteiger partial charge in [0.15, 0.2) is 0 Å². The number of hydrogen-bond acceptors (Lipinski definition) is 4. The third kappa shape index (κ3) is 3.82. The molecule has 1 amide bonds. The Kier molecular flexibility index (Phi) is 4.95. The molecule has 4 atom stereocenters. The molecule has 25 heavy (non-hydrogen) atoms. The SMILES string of the molecule is C[C@H](CN1CCN(c2ccccc2)CC1)NC(=O)[C@@H]1C[C@H]2CC[C@H]1O2. The number of ether oxygens (including phenoxy) is 1. The third-order valence-corrected chi connectivity index (χ3v) is 5.86. The Morgan fingerprint density at radius 1 is 1.20 bits per heavy atom. The van der Waals surface area contributed by atoms with Crippen LogP contribution in [-0.4, -0.2) is 61.8 Å². The van der Waals surface area contributed by atoms with E-state index in [4.69, 9.17) is 4.74 Å². The first-order valence-corrected chi connectivity index (χ1v) is 9.67. The number of piperazine rings is 1. The van der Waals surface area contributed by atoms with Crippen LogP contribution < -0.4 is 10.2 Å². The molecule has 5 heteroatoms. The number of hydrogen-bond donors (Lipinski definition) is 1. The molecule has 3 heterocycles. The summed E-state index contributed by atoms with van der Waals surface area (Å²) in [4.78, 5) is 17.4. The highest BCUT2D eigenvalue weighted by Crippen LogP contribution is 2.38. The highest BCUT2D eigenvalue weighted by atomic mass is 16.5. The summed E-state index contributed by atoms with van der Waals surface area (Å²) in [7, 11) is 0. The Hall–Kier alpha value is -1.59. The maximum atomic E-state index is 12.5. The van der Waals surface area contributed by atoms with E-state index in [-0.39, 0.29) is 24.0 Å². The third-order valence-electron chi connectivity index (χ3n) is 5.86. The van der Waals surface area contributed by atoms with Gasteiger partial charge in [-0.25, -0.2) is 0 Å². The first-order valence-electron chi connectivity index (χ1n) is 9.67. The first-order chi connectivity index (χ1) is 12.2. The van der Waals surface area contributed by atoms with E-state index in [0.29, 0.717) is 6.10 Å². The molecule has 3 fully saturated rings. The van der Waals surface area contributed by atoms with Gasteiger partial charge in [-0.2, -0.15) is 0 Å². The van der Waals surface area contributed by atoms with Gasteiger partial charge in [-0.05, 0) is 38.3 Å². The molecule has 5 nitrogen and oxygen atoms in total. The Balaban J connectivity index is 1.21. The molecule has 0 saturated carbocycles. The fourth-order valence-electron chi connectivity index (χ4n) is 4.52. The summed E-state index contributed by atoms with van der Waals surface area (Å²) in [5, 5.41) is 3.22. The summed E-state index contributed by atoms with van der Waals surface area (Å²) in [5.41, 5.74) is 1.31. The maximum Gasteiger partial charge on any atom is 0.226 e. The number of nitrogens with zero attached hydrogens (tertiary/aromatic N) is 2. The molecule has 136 valence electrons. The molecule has 0 radical (unpaired) electrons. The van der Waals surface area contributed by atoms with Gasteiger partial charge < -0.3 is 15.0 Å². The number of amides is 1. The number of para-hydroxylation sites is 1. The number of carbonyl (C=O) groups excluding carboxylic acids is 1. The summed E-state index contributed by atoms with van der Waals surface area (Å²) >= 11 is 0. The maximum absolute atomic E-state index is 12.5. The second-order valence-corrected chi connectivity index (χ2v) is 7.75. The predicted octanol–water partition coefficient (Wildman–Crippen LogP) is 1.88. The van der Waals surface area contributed by atoms with E-state index in [1.54, 1.807) is 0 Å². The van der Waals surface area contributed by atoms with Crippen molar-refractivity contribution in [2.45, 2.75) is 44.4 Å². The van der Waals surface area contributed by atoms with Crippen LogP contribution in [0.4, 0.5) is 5.69 Å². The van der Waals surface area contributed by atoms with Gasteiger partial charge in [0.25, 0.3) is 0 Å². The predicted molar refractivity (Wildman–Crippen MR) is 98.7 cm³/mol. The van der Waals surface area contributed by atoms with E-state index in [9.17, 15) is 4.79 Å². The summed E-state index contributed by atoms with van der Waals surface area (Å²) < 4.78 is 5.81. The van der Waals surface area contributed by atoms with Crippen molar-refractivity contribution in [3.8, 4) is 0 Å². The number of anilines is 1. The number of carbonyl (C=O) groups is 1. The standard InChI is InChI=1S/C20H29N3O2/c1-15(21-20(24)18-13-17-7-8-19(18)25-17)14-22-9-11-23(12-10-22)16-5-3-2-4-6-16/h2-6,15,17-19H,7-14H2,1H3,(H,21,24)/t15-,17-,18-,19-/m1/s1. The van der Waals surface area contributed by atoms with E-state index in [1.165, 1.54) is 5.69 Å². The molecule has 3 aliphatic heterocycles. The molecule has 0 spiro atoms. The minimum Gasteiger partial charge on any atom is -0.374 e. The minimum atomic E-state index is 0.0797. The Morgan fingerprint density at radius 2 is 1.96 bits per heavy atom. The molecule has 0 aromatic heterocycles. The van der Waals surface area contributed by atoms with Crippen LogP contribution in [0.2, 0.25) is 0 Å². The molecule has 2 bridgehead atoms. The van der Waals surface area contributed by atoms with Crippen LogP contribution in [0.1, 0.15) is 26.2 Å². The molecule has 1 N–H and O–H groups in total. The average Bonchev–Trinajstić information content (AvgIpc) is 3.26. The second-order valence-electron chi connectivity index (χ2n) is 7.75. The van der Waals surface area contributed by atoms with Gasteiger partial charge in [-0.3, -0.25) is 9.69 Å². The van der Waals surface area contributed by atoms with Crippen molar-refractivity contribution >= 4 is 11.6 Å². The lowest BCUT2D eigenvalue weighted by molar-refractivity contribution is -0.127. The molecule has 3 saturated heterocycles. The van der Waals surface area contributed by atoms with Crippen molar-refractivity contribution in [3.05, 3.63) is 30.3 Å². The van der Waals surface area contributed by atoms with E-state index >= 15 is 0 Å². The zero-order chi connectivity index (χ0) is 17.2. The summed E-state index contributed by atoms with van der Waals surface area (Å²) in [6, 6.07) is 10.8. The highest BCUT2D eigenvalue weighted by Gasteiger charge is 2.44. The zero-order valence-corrected chi connectivity index (χ0v) is 15.1. The van der Waals surface area contributed by atoms with E-state index < -0.39 is 0 Å². The van der Waals surface area contributed by atoms with Crippen molar-refractivity contribution in [2.24, 2.45) is 5.92 Å². The summed E-state index contributed by atoms with van der Waals surface area (Å²) in [5.74, 6) is 0.277. The van der Waals surface area contributed by atoms with E-state index in [0.717, 1.165) is 52.0 Å². The Bertz CT molecular complexity index is 586. The van der Waals surface area contributed by atoms with Gasteiger partial charge in [0.05, 0.1) is 18.1 Å².